The fourth-order valence-corrected chi connectivity index (χ4v) is 5.80. The van der Waals surface area contributed by atoms with E-state index in [0.717, 1.165) is 59.3 Å². The zero-order chi connectivity index (χ0) is 28.6. The van der Waals surface area contributed by atoms with E-state index in [4.69, 9.17) is 9.47 Å². The molecule has 2 heterocycles. The first-order valence-electron chi connectivity index (χ1n) is 14.2. The molecule has 0 spiro atoms. The number of carboxylic acid groups (broad SMARTS) is 1. The second-order valence-corrected chi connectivity index (χ2v) is 11.6. The Kier molecular flexibility index (Phi) is 8.13. The van der Waals surface area contributed by atoms with Gasteiger partial charge < -0.3 is 19.4 Å². The number of hydrogen-bond acceptors (Lipinski definition) is 6. The highest BCUT2D eigenvalue weighted by molar-refractivity contribution is 5.70. The molecule has 2 aromatic carbocycles. The van der Waals surface area contributed by atoms with Crippen molar-refractivity contribution in [2.45, 2.75) is 71.1 Å². The third kappa shape index (κ3) is 5.85. The van der Waals surface area contributed by atoms with Crippen molar-refractivity contribution in [1.29, 1.82) is 0 Å². The molecule has 40 heavy (non-hydrogen) atoms. The van der Waals surface area contributed by atoms with Crippen LogP contribution in [0.25, 0.3) is 11.1 Å². The molecule has 3 aromatic rings. The maximum absolute atomic E-state index is 15.0. The molecule has 1 aliphatic heterocycles. The van der Waals surface area contributed by atoms with E-state index in [1.165, 1.54) is 13.3 Å². The van der Waals surface area contributed by atoms with Gasteiger partial charge in [-0.2, -0.15) is 0 Å². The Bertz CT molecular complexity index is 1390. The van der Waals surface area contributed by atoms with Crippen LogP contribution >= 0.6 is 0 Å². The van der Waals surface area contributed by atoms with Crippen LogP contribution in [0.1, 0.15) is 74.3 Å². The molecule has 1 aromatic heterocycles. The number of carbonyl (C=O) groups is 1. The number of ether oxygens (including phenoxy) is 2. The Morgan fingerprint density at radius 1 is 1.12 bits per heavy atom. The summed E-state index contributed by atoms with van der Waals surface area (Å²) in [6.45, 7) is 6.66. The first-order chi connectivity index (χ1) is 19.2. The van der Waals surface area contributed by atoms with E-state index in [9.17, 15) is 14.3 Å². The SMILES string of the molecule is COc1cc(-c2ccc(C3CCc4ccc([C@H](C5CC5)[C@H](C)C(=O)[O-])cc4O3)cc2CN(C)C(C)C)c(F)cn1. The number of halogens is 1. The Hall–Kier alpha value is -3.45. The highest BCUT2D eigenvalue weighted by Crippen LogP contribution is 2.48. The van der Waals surface area contributed by atoms with Gasteiger partial charge in [0.15, 0.2) is 0 Å². The average Bonchev–Trinajstić information content (AvgIpc) is 3.78. The van der Waals surface area contributed by atoms with Gasteiger partial charge in [-0.1, -0.05) is 37.3 Å². The van der Waals surface area contributed by atoms with E-state index in [-0.39, 0.29) is 12.0 Å². The maximum Gasteiger partial charge on any atom is 0.213 e. The highest BCUT2D eigenvalue weighted by atomic mass is 19.1. The molecule has 0 N–H and O–H groups in total. The van der Waals surface area contributed by atoms with E-state index >= 15 is 0 Å². The summed E-state index contributed by atoms with van der Waals surface area (Å²) in [5, 5.41) is 11.7. The van der Waals surface area contributed by atoms with Gasteiger partial charge in [0, 0.05) is 36.1 Å². The number of methoxy groups -OCH3 is 1. The van der Waals surface area contributed by atoms with Crippen LogP contribution in [0.2, 0.25) is 0 Å². The standard InChI is InChI=1S/C33H39FN2O4/c1-19(2)36(4)18-25-14-23(10-12-26(25)27-16-31(39-5)35-17-28(27)34)29-13-11-21-6-9-24(15-30(21)40-29)32(22-7-8-22)20(3)33(37)38/h6,9-10,12,14-17,19-20,22,29,32H,7-8,11,13,18H2,1-5H3,(H,37,38)/p-1/t20-,29?,32-/m0/s1. The van der Waals surface area contributed by atoms with Crippen molar-refractivity contribution in [2.24, 2.45) is 11.8 Å². The van der Waals surface area contributed by atoms with Gasteiger partial charge in [0.2, 0.25) is 5.88 Å². The van der Waals surface area contributed by atoms with Crippen LogP contribution in [0, 0.1) is 17.7 Å². The average molecular weight is 546 g/mol. The lowest BCUT2D eigenvalue weighted by molar-refractivity contribution is -0.311. The number of aliphatic carboxylic acids is 1. The molecule has 1 fully saturated rings. The lowest BCUT2D eigenvalue weighted by Gasteiger charge is -2.30. The fraction of sp³-hybridized carbons (Fsp3) is 0.455. The number of carbonyl (C=O) groups excluding carboxylic acids is 1. The third-order valence-electron chi connectivity index (χ3n) is 8.59. The highest BCUT2D eigenvalue weighted by Gasteiger charge is 2.37. The molecule has 3 atom stereocenters. The Balaban J connectivity index is 1.47. The van der Waals surface area contributed by atoms with Gasteiger partial charge in [0.1, 0.15) is 17.7 Å². The molecule has 2 aliphatic rings. The van der Waals surface area contributed by atoms with Gasteiger partial charge in [-0.25, -0.2) is 9.37 Å². The number of pyridine rings is 1. The van der Waals surface area contributed by atoms with Crippen LogP contribution in [0.4, 0.5) is 4.39 Å². The number of aromatic nitrogens is 1. The molecule has 5 rings (SSSR count). The molecule has 7 heteroatoms. The fourth-order valence-electron chi connectivity index (χ4n) is 5.80. The minimum Gasteiger partial charge on any atom is -0.550 e. The molecule has 0 amide bonds. The number of aryl methyl sites for hydroxylation is 1. The minimum atomic E-state index is -1.00. The zero-order valence-electron chi connectivity index (χ0n) is 23.9. The topological polar surface area (TPSA) is 74.7 Å². The first-order valence-corrected chi connectivity index (χ1v) is 14.2. The van der Waals surface area contributed by atoms with Crippen LogP contribution in [0.3, 0.4) is 0 Å². The molecular weight excluding hydrogens is 507 g/mol. The Labute approximate surface area is 236 Å². The number of rotatable bonds is 10. The minimum absolute atomic E-state index is 0.0658. The van der Waals surface area contributed by atoms with Crippen molar-refractivity contribution in [1.82, 2.24) is 9.88 Å². The molecule has 1 unspecified atom stereocenters. The van der Waals surface area contributed by atoms with Crippen molar-refractivity contribution >= 4 is 5.97 Å². The van der Waals surface area contributed by atoms with Gasteiger partial charge in [-0.3, -0.25) is 4.90 Å². The number of fused-ring (bicyclic) bond motifs is 1. The molecule has 0 bridgehead atoms. The second kappa shape index (κ2) is 11.6. The van der Waals surface area contributed by atoms with Crippen LogP contribution in [0.15, 0.2) is 48.7 Å². The summed E-state index contributed by atoms with van der Waals surface area (Å²) in [7, 11) is 3.58. The van der Waals surface area contributed by atoms with Gasteiger partial charge in [0.05, 0.1) is 13.3 Å². The molecule has 212 valence electrons. The predicted octanol–water partition coefficient (Wildman–Crippen LogP) is 5.68. The van der Waals surface area contributed by atoms with Crippen molar-refractivity contribution in [3.63, 3.8) is 0 Å². The van der Waals surface area contributed by atoms with E-state index < -0.39 is 17.7 Å². The monoisotopic (exact) mass is 545 g/mol. The quantitative estimate of drug-likeness (QED) is 0.326. The van der Waals surface area contributed by atoms with Gasteiger partial charge in [-0.05, 0) is 92.3 Å². The van der Waals surface area contributed by atoms with E-state index in [1.807, 2.05) is 18.2 Å². The van der Waals surface area contributed by atoms with Gasteiger partial charge in [-0.15, -0.1) is 0 Å². The van der Waals surface area contributed by atoms with E-state index in [0.29, 0.717) is 29.9 Å². The molecule has 1 aliphatic carbocycles. The van der Waals surface area contributed by atoms with Crippen molar-refractivity contribution in [2.75, 3.05) is 14.2 Å². The summed E-state index contributed by atoms with van der Waals surface area (Å²) in [5.41, 5.74) is 5.44. The third-order valence-corrected chi connectivity index (χ3v) is 8.59. The Morgan fingerprint density at radius 2 is 1.90 bits per heavy atom. The molecule has 1 saturated carbocycles. The summed E-state index contributed by atoms with van der Waals surface area (Å²) >= 11 is 0. The zero-order valence-corrected chi connectivity index (χ0v) is 23.9. The van der Waals surface area contributed by atoms with E-state index in [2.05, 4.69) is 49.0 Å². The normalized spacial score (nSPS) is 18.2. The number of nitrogens with zero attached hydrogens (tertiary/aromatic N) is 2. The summed E-state index contributed by atoms with van der Waals surface area (Å²) in [6.07, 6.45) is 4.83. The largest absolute Gasteiger partial charge is 0.550 e. The van der Waals surface area contributed by atoms with E-state index in [1.54, 1.807) is 13.0 Å². The maximum atomic E-state index is 15.0. The molecule has 0 saturated heterocycles. The lowest BCUT2D eigenvalue weighted by Crippen LogP contribution is -2.34. The van der Waals surface area contributed by atoms with Gasteiger partial charge in [0.25, 0.3) is 0 Å². The molecule has 0 radical (unpaired) electrons. The van der Waals surface area contributed by atoms with Crippen LogP contribution < -0.4 is 14.6 Å². The summed E-state index contributed by atoms with van der Waals surface area (Å²) in [4.78, 5) is 18.0. The number of benzene rings is 2. The van der Waals surface area contributed by atoms with Crippen LogP contribution in [0.5, 0.6) is 11.6 Å². The number of hydrogen-bond donors (Lipinski definition) is 0. The second-order valence-electron chi connectivity index (χ2n) is 11.6. The molecule has 6 nitrogen and oxygen atoms in total. The smallest absolute Gasteiger partial charge is 0.213 e. The number of carboxylic acids is 1. The predicted molar refractivity (Wildman–Crippen MR) is 151 cm³/mol. The molecular formula is C33H38FN2O4-. The van der Waals surface area contributed by atoms with Crippen LogP contribution in [-0.4, -0.2) is 36.1 Å². The van der Waals surface area contributed by atoms with Crippen LogP contribution in [-0.2, 0) is 17.8 Å². The van der Waals surface area contributed by atoms with Gasteiger partial charge >= 0.3 is 0 Å². The first kappa shape index (κ1) is 28.1. The Morgan fingerprint density at radius 3 is 2.58 bits per heavy atom. The van der Waals surface area contributed by atoms with Crippen molar-refractivity contribution < 1.29 is 23.8 Å². The summed E-state index contributed by atoms with van der Waals surface area (Å²) in [5.74, 6) is -0.451. The summed E-state index contributed by atoms with van der Waals surface area (Å²) in [6, 6.07) is 14.3. The van der Waals surface area contributed by atoms with Crippen molar-refractivity contribution in [3.05, 3.63) is 76.7 Å². The summed E-state index contributed by atoms with van der Waals surface area (Å²) < 4.78 is 26.8. The lowest BCUT2D eigenvalue weighted by atomic mass is 9.82. The van der Waals surface area contributed by atoms with Crippen molar-refractivity contribution in [3.8, 4) is 22.8 Å².